The fourth-order valence-corrected chi connectivity index (χ4v) is 2.28. The molecule has 0 aliphatic rings. The van der Waals surface area contributed by atoms with Crippen molar-refractivity contribution in [2.75, 3.05) is 6.54 Å². The Hall–Kier alpha value is -1.61. The van der Waals surface area contributed by atoms with Crippen molar-refractivity contribution in [2.24, 2.45) is 0 Å². The number of benzene rings is 1. The first-order valence-corrected chi connectivity index (χ1v) is 6.50. The Morgan fingerprint density at radius 2 is 1.95 bits per heavy atom. The molecule has 5 nitrogen and oxygen atoms in total. The molecule has 0 saturated heterocycles. The SMILES string of the molecule is O=C(O)c1cccc(S(=O)(=O)NCCC(F)(F)F)c1. The highest BCUT2D eigenvalue weighted by Crippen LogP contribution is 2.19. The van der Waals surface area contributed by atoms with Gasteiger partial charge in [0.2, 0.25) is 10.0 Å². The van der Waals surface area contributed by atoms with Crippen LogP contribution in [-0.2, 0) is 10.0 Å². The number of nitrogens with one attached hydrogen (secondary N) is 1. The molecule has 0 heterocycles. The highest BCUT2D eigenvalue weighted by atomic mass is 32.2. The van der Waals surface area contributed by atoms with E-state index < -0.39 is 40.0 Å². The lowest BCUT2D eigenvalue weighted by molar-refractivity contribution is -0.132. The Balaban J connectivity index is 2.83. The summed E-state index contributed by atoms with van der Waals surface area (Å²) in [6.45, 7) is -0.802. The molecular weight excluding hydrogens is 287 g/mol. The van der Waals surface area contributed by atoms with Gasteiger partial charge in [-0.15, -0.1) is 0 Å². The van der Waals surface area contributed by atoms with E-state index in [1.54, 1.807) is 4.72 Å². The maximum Gasteiger partial charge on any atom is 0.390 e. The van der Waals surface area contributed by atoms with E-state index in [4.69, 9.17) is 5.11 Å². The van der Waals surface area contributed by atoms with Crippen LogP contribution in [0.3, 0.4) is 0 Å². The van der Waals surface area contributed by atoms with Crippen molar-refractivity contribution in [1.82, 2.24) is 4.72 Å². The topological polar surface area (TPSA) is 83.5 Å². The van der Waals surface area contributed by atoms with E-state index in [-0.39, 0.29) is 5.56 Å². The van der Waals surface area contributed by atoms with Gasteiger partial charge in [-0.05, 0) is 18.2 Å². The molecule has 2 N–H and O–H groups in total. The third-order valence-electron chi connectivity index (χ3n) is 2.09. The van der Waals surface area contributed by atoms with Crippen LogP contribution >= 0.6 is 0 Å². The monoisotopic (exact) mass is 297 g/mol. The van der Waals surface area contributed by atoms with E-state index in [9.17, 15) is 26.4 Å². The number of rotatable bonds is 5. The molecule has 0 amide bonds. The van der Waals surface area contributed by atoms with E-state index in [0.29, 0.717) is 0 Å². The van der Waals surface area contributed by atoms with Gasteiger partial charge in [-0.25, -0.2) is 17.9 Å². The smallest absolute Gasteiger partial charge is 0.390 e. The summed E-state index contributed by atoms with van der Waals surface area (Å²) >= 11 is 0. The van der Waals surface area contributed by atoms with Crippen molar-refractivity contribution in [3.63, 3.8) is 0 Å². The quantitative estimate of drug-likeness (QED) is 0.865. The Bertz CT molecular complexity index is 568. The Morgan fingerprint density at radius 1 is 1.32 bits per heavy atom. The van der Waals surface area contributed by atoms with Gasteiger partial charge in [-0.3, -0.25) is 0 Å². The standard InChI is InChI=1S/C10H10F3NO4S/c11-10(12,13)4-5-14-19(17,18)8-3-1-2-7(6-8)9(15)16/h1-3,6,14H,4-5H2,(H,15,16). The first-order valence-electron chi connectivity index (χ1n) is 5.01. The van der Waals surface area contributed by atoms with Crippen molar-refractivity contribution >= 4 is 16.0 Å². The molecule has 0 atom stereocenters. The van der Waals surface area contributed by atoms with Crippen LogP contribution in [-0.4, -0.2) is 32.2 Å². The second kappa shape index (κ2) is 5.57. The van der Waals surface area contributed by atoms with Crippen molar-refractivity contribution in [3.05, 3.63) is 29.8 Å². The number of carbonyl (C=O) groups is 1. The van der Waals surface area contributed by atoms with Crippen molar-refractivity contribution in [2.45, 2.75) is 17.5 Å². The van der Waals surface area contributed by atoms with Gasteiger partial charge in [0.1, 0.15) is 0 Å². The van der Waals surface area contributed by atoms with E-state index in [0.717, 1.165) is 12.1 Å². The number of carboxylic acid groups (broad SMARTS) is 1. The predicted molar refractivity (Wildman–Crippen MR) is 59.3 cm³/mol. The highest BCUT2D eigenvalue weighted by Gasteiger charge is 2.27. The zero-order valence-electron chi connectivity index (χ0n) is 9.44. The summed E-state index contributed by atoms with van der Waals surface area (Å²) in [5.41, 5.74) is -0.265. The Labute approximate surface area is 107 Å². The molecule has 1 rings (SSSR count). The molecule has 1 aromatic carbocycles. The summed E-state index contributed by atoms with van der Waals surface area (Å²) < 4.78 is 60.7. The molecule has 106 valence electrons. The lowest BCUT2D eigenvalue weighted by atomic mass is 10.2. The number of halogens is 3. The highest BCUT2D eigenvalue weighted by molar-refractivity contribution is 7.89. The van der Waals surface area contributed by atoms with Crippen LogP contribution in [0, 0.1) is 0 Å². The average molecular weight is 297 g/mol. The normalized spacial score (nSPS) is 12.4. The molecule has 0 radical (unpaired) electrons. The van der Waals surface area contributed by atoms with E-state index >= 15 is 0 Å². The third-order valence-corrected chi connectivity index (χ3v) is 3.55. The first-order chi connectivity index (χ1) is 8.62. The van der Waals surface area contributed by atoms with Crippen LogP contribution in [0.5, 0.6) is 0 Å². The van der Waals surface area contributed by atoms with Gasteiger partial charge in [-0.2, -0.15) is 13.2 Å². The number of hydrogen-bond acceptors (Lipinski definition) is 3. The lowest BCUT2D eigenvalue weighted by Crippen LogP contribution is -2.28. The summed E-state index contributed by atoms with van der Waals surface area (Å²) in [7, 11) is -4.15. The van der Waals surface area contributed by atoms with Gasteiger partial charge < -0.3 is 5.11 Å². The van der Waals surface area contributed by atoms with Gasteiger partial charge in [0.05, 0.1) is 16.9 Å². The van der Waals surface area contributed by atoms with E-state index in [2.05, 4.69) is 0 Å². The van der Waals surface area contributed by atoms with Gasteiger partial charge in [0, 0.05) is 6.54 Å². The van der Waals surface area contributed by atoms with Crippen LogP contribution < -0.4 is 4.72 Å². The maximum absolute atomic E-state index is 11.9. The molecule has 0 aliphatic carbocycles. The van der Waals surface area contributed by atoms with Crippen LogP contribution in [0.1, 0.15) is 16.8 Å². The van der Waals surface area contributed by atoms with Gasteiger partial charge in [0.15, 0.2) is 0 Å². The second-order valence-electron chi connectivity index (χ2n) is 3.60. The van der Waals surface area contributed by atoms with Crippen molar-refractivity contribution < 1.29 is 31.5 Å². The molecule has 9 heteroatoms. The molecule has 0 fully saturated rings. The van der Waals surface area contributed by atoms with Crippen LogP contribution in [0.4, 0.5) is 13.2 Å². The minimum Gasteiger partial charge on any atom is -0.478 e. The second-order valence-corrected chi connectivity index (χ2v) is 5.36. The summed E-state index contributed by atoms with van der Waals surface area (Å²) in [4.78, 5) is 10.3. The zero-order chi connectivity index (χ0) is 14.7. The number of carboxylic acids is 1. The number of aromatic carboxylic acids is 1. The Kier molecular flexibility index (Phi) is 4.53. The van der Waals surface area contributed by atoms with Crippen LogP contribution in [0.2, 0.25) is 0 Å². The number of sulfonamides is 1. The maximum atomic E-state index is 11.9. The van der Waals surface area contributed by atoms with Gasteiger partial charge in [-0.1, -0.05) is 6.07 Å². The van der Waals surface area contributed by atoms with Gasteiger partial charge >= 0.3 is 12.1 Å². The molecule has 0 bridgehead atoms. The minimum atomic E-state index is -4.47. The van der Waals surface area contributed by atoms with Crippen molar-refractivity contribution in [1.29, 1.82) is 0 Å². The van der Waals surface area contributed by atoms with E-state index in [1.165, 1.54) is 12.1 Å². The molecule has 1 aromatic rings. The van der Waals surface area contributed by atoms with Crippen LogP contribution in [0.15, 0.2) is 29.2 Å². The third kappa shape index (κ3) is 4.87. The fraction of sp³-hybridized carbons (Fsp3) is 0.300. The summed E-state index contributed by atoms with van der Waals surface area (Å²) in [6.07, 6.45) is -5.77. The molecule has 0 aromatic heterocycles. The average Bonchev–Trinajstić information content (AvgIpc) is 2.27. The lowest BCUT2D eigenvalue weighted by Gasteiger charge is -2.09. The van der Waals surface area contributed by atoms with E-state index in [1.807, 2.05) is 0 Å². The predicted octanol–water partition coefficient (Wildman–Crippen LogP) is 1.62. The minimum absolute atomic E-state index is 0.265. The number of alkyl halides is 3. The fourth-order valence-electron chi connectivity index (χ4n) is 1.21. The molecule has 0 unspecified atom stereocenters. The van der Waals surface area contributed by atoms with Gasteiger partial charge in [0.25, 0.3) is 0 Å². The Morgan fingerprint density at radius 3 is 2.47 bits per heavy atom. The molecule has 0 aliphatic heterocycles. The first kappa shape index (κ1) is 15.4. The number of hydrogen-bond donors (Lipinski definition) is 2. The molecule has 0 spiro atoms. The zero-order valence-corrected chi connectivity index (χ0v) is 10.3. The van der Waals surface area contributed by atoms with Crippen LogP contribution in [0.25, 0.3) is 0 Å². The summed E-state index contributed by atoms with van der Waals surface area (Å²) in [6, 6.07) is 4.35. The largest absolute Gasteiger partial charge is 0.478 e. The molecule has 19 heavy (non-hydrogen) atoms. The van der Waals surface area contributed by atoms with Crippen molar-refractivity contribution in [3.8, 4) is 0 Å². The summed E-state index contributed by atoms with van der Waals surface area (Å²) in [5.74, 6) is -1.33. The molecule has 0 saturated carbocycles. The summed E-state index contributed by atoms with van der Waals surface area (Å²) in [5, 5.41) is 8.69. The molecular formula is C10H10F3NO4S.